The molecular formula is C20H17FN4O2S. The molecule has 2 amide bonds. The maximum atomic E-state index is 14.0. The maximum Gasteiger partial charge on any atom is 0.229 e. The lowest BCUT2D eigenvalue weighted by atomic mass is 10.1. The van der Waals surface area contributed by atoms with Gasteiger partial charge in [0.05, 0.1) is 11.6 Å². The van der Waals surface area contributed by atoms with Gasteiger partial charge in [0.2, 0.25) is 11.8 Å². The number of carbonyl (C=O) groups is 2. The van der Waals surface area contributed by atoms with Gasteiger partial charge >= 0.3 is 0 Å². The molecule has 0 radical (unpaired) electrons. The van der Waals surface area contributed by atoms with Crippen molar-refractivity contribution in [3.63, 3.8) is 0 Å². The fourth-order valence-corrected chi connectivity index (χ4v) is 3.52. The van der Waals surface area contributed by atoms with Gasteiger partial charge in [0.15, 0.2) is 4.77 Å². The van der Waals surface area contributed by atoms with E-state index in [2.05, 4.69) is 10.3 Å². The summed E-state index contributed by atoms with van der Waals surface area (Å²) in [6, 6.07) is 13.3. The fraction of sp³-hybridized carbons (Fsp3) is 0.150. The molecule has 2 aromatic carbocycles. The molecule has 1 aliphatic heterocycles. The molecule has 1 saturated heterocycles. The summed E-state index contributed by atoms with van der Waals surface area (Å²) in [6.45, 7) is 0.147. The second-order valence-corrected chi connectivity index (χ2v) is 6.92. The first-order chi connectivity index (χ1) is 13.5. The molecule has 142 valence electrons. The molecule has 1 aliphatic rings. The Morgan fingerprint density at radius 1 is 1.21 bits per heavy atom. The second kappa shape index (κ2) is 7.40. The standard InChI is InChI=1S/C20H17FN4O2S/c21-16-6-1-2-7-17(16)25-12-13(10-18(25)26)19(27)23-14-4-3-5-15(11-14)24-9-8-22-20(24)28/h1-9,11,13H,10,12H2,(H,22,28)(H,23,27)/t13-/m1/s1. The average molecular weight is 396 g/mol. The van der Waals surface area contributed by atoms with Crippen LogP contribution in [0.3, 0.4) is 0 Å². The van der Waals surface area contributed by atoms with Crippen molar-refractivity contribution in [1.29, 1.82) is 0 Å². The molecule has 0 bridgehead atoms. The number of hydrogen-bond donors (Lipinski definition) is 2. The first-order valence-corrected chi connectivity index (χ1v) is 9.16. The number of H-pyrrole nitrogens is 1. The average Bonchev–Trinajstić information content (AvgIpc) is 3.28. The molecule has 2 heterocycles. The van der Waals surface area contributed by atoms with E-state index in [0.29, 0.717) is 10.5 Å². The van der Waals surface area contributed by atoms with Crippen LogP contribution in [0.15, 0.2) is 60.9 Å². The fourth-order valence-electron chi connectivity index (χ4n) is 3.29. The Kier molecular flexibility index (Phi) is 4.79. The number of para-hydroxylation sites is 1. The zero-order valence-electron chi connectivity index (χ0n) is 14.8. The molecule has 3 aromatic rings. The molecule has 6 nitrogen and oxygen atoms in total. The first kappa shape index (κ1) is 18.1. The van der Waals surface area contributed by atoms with Gasteiger partial charge < -0.3 is 15.2 Å². The van der Waals surface area contributed by atoms with E-state index in [1.807, 2.05) is 12.1 Å². The molecule has 28 heavy (non-hydrogen) atoms. The van der Waals surface area contributed by atoms with Crippen molar-refractivity contribution in [3.05, 3.63) is 71.5 Å². The third kappa shape index (κ3) is 3.46. The Labute approximate surface area is 165 Å². The molecule has 0 spiro atoms. The van der Waals surface area contributed by atoms with Crippen molar-refractivity contribution in [3.8, 4) is 5.69 Å². The number of carbonyl (C=O) groups excluding carboxylic acids is 2. The van der Waals surface area contributed by atoms with Crippen LogP contribution in [0.5, 0.6) is 0 Å². The van der Waals surface area contributed by atoms with Crippen LogP contribution in [0.4, 0.5) is 15.8 Å². The Morgan fingerprint density at radius 2 is 2.04 bits per heavy atom. The minimum Gasteiger partial charge on any atom is -0.337 e. The van der Waals surface area contributed by atoms with Crippen molar-refractivity contribution < 1.29 is 14.0 Å². The SMILES string of the molecule is O=C(Nc1cccc(-n2cc[nH]c2=S)c1)[C@@H]1CC(=O)N(c2ccccc2F)C1. The largest absolute Gasteiger partial charge is 0.337 e. The van der Waals surface area contributed by atoms with Crippen molar-refractivity contribution >= 4 is 35.4 Å². The highest BCUT2D eigenvalue weighted by Crippen LogP contribution is 2.28. The van der Waals surface area contributed by atoms with Crippen LogP contribution >= 0.6 is 12.2 Å². The summed E-state index contributed by atoms with van der Waals surface area (Å²) in [5, 5.41) is 2.84. The number of benzene rings is 2. The molecule has 0 aliphatic carbocycles. The highest BCUT2D eigenvalue weighted by molar-refractivity contribution is 7.71. The van der Waals surface area contributed by atoms with Crippen LogP contribution in [0, 0.1) is 16.5 Å². The molecule has 2 N–H and O–H groups in total. The third-order valence-electron chi connectivity index (χ3n) is 4.68. The van der Waals surface area contributed by atoms with Gasteiger partial charge in [0.25, 0.3) is 0 Å². The van der Waals surface area contributed by atoms with E-state index in [1.165, 1.54) is 17.0 Å². The van der Waals surface area contributed by atoms with Gasteiger partial charge in [-0.1, -0.05) is 18.2 Å². The summed E-state index contributed by atoms with van der Waals surface area (Å²) in [7, 11) is 0. The van der Waals surface area contributed by atoms with Crippen molar-refractivity contribution in [2.75, 3.05) is 16.8 Å². The number of aromatic nitrogens is 2. The van der Waals surface area contributed by atoms with Crippen molar-refractivity contribution in [2.24, 2.45) is 5.92 Å². The number of nitrogens with zero attached hydrogens (tertiary/aromatic N) is 2. The normalized spacial score (nSPS) is 16.4. The summed E-state index contributed by atoms with van der Waals surface area (Å²) < 4.78 is 16.3. The predicted molar refractivity (Wildman–Crippen MR) is 106 cm³/mol. The zero-order chi connectivity index (χ0) is 19.7. The summed E-state index contributed by atoms with van der Waals surface area (Å²) >= 11 is 5.22. The summed E-state index contributed by atoms with van der Waals surface area (Å²) in [4.78, 5) is 29.2. The van der Waals surface area contributed by atoms with E-state index in [4.69, 9.17) is 12.2 Å². The number of halogens is 1. The summed E-state index contributed by atoms with van der Waals surface area (Å²) in [5.41, 5.74) is 1.61. The van der Waals surface area contributed by atoms with Crippen LogP contribution in [0.1, 0.15) is 6.42 Å². The van der Waals surface area contributed by atoms with Crippen LogP contribution in [-0.2, 0) is 9.59 Å². The summed E-state index contributed by atoms with van der Waals surface area (Å²) in [5.74, 6) is -1.57. The van der Waals surface area contributed by atoms with E-state index in [-0.39, 0.29) is 30.5 Å². The summed E-state index contributed by atoms with van der Waals surface area (Å²) in [6.07, 6.45) is 3.57. The lowest BCUT2D eigenvalue weighted by molar-refractivity contribution is -0.122. The maximum absolute atomic E-state index is 14.0. The van der Waals surface area contributed by atoms with Gasteiger partial charge in [-0.25, -0.2) is 4.39 Å². The molecule has 8 heteroatoms. The molecule has 0 unspecified atom stereocenters. The van der Waals surface area contributed by atoms with Crippen LogP contribution < -0.4 is 10.2 Å². The van der Waals surface area contributed by atoms with Gasteiger partial charge in [-0.15, -0.1) is 0 Å². The highest BCUT2D eigenvalue weighted by atomic mass is 32.1. The lowest BCUT2D eigenvalue weighted by Gasteiger charge is -2.17. The number of imidazole rings is 1. The minimum absolute atomic E-state index is 0.0444. The van der Waals surface area contributed by atoms with Gasteiger partial charge in [-0.2, -0.15) is 0 Å². The van der Waals surface area contributed by atoms with E-state index in [9.17, 15) is 14.0 Å². The van der Waals surface area contributed by atoms with Crippen LogP contribution in [-0.4, -0.2) is 27.9 Å². The van der Waals surface area contributed by atoms with Crippen molar-refractivity contribution in [2.45, 2.75) is 6.42 Å². The Balaban J connectivity index is 1.49. The lowest BCUT2D eigenvalue weighted by Crippen LogP contribution is -2.28. The smallest absolute Gasteiger partial charge is 0.229 e. The van der Waals surface area contributed by atoms with Crippen LogP contribution in [0.2, 0.25) is 0 Å². The molecule has 0 saturated carbocycles. The van der Waals surface area contributed by atoms with Gasteiger partial charge in [0, 0.05) is 36.7 Å². The monoisotopic (exact) mass is 396 g/mol. The Morgan fingerprint density at radius 3 is 2.79 bits per heavy atom. The minimum atomic E-state index is -0.551. The molecule has 4 rings (SSSR count). The zero-order valence-corrected chi connectivity index (χ0v) is 15.6. The Bertz CT molecular complexity index is 1110. The molecule has 1 fully saturated rings. The van der Waals surface area contributed by atoms with Crippen LogP contribution in [0.25, 0.3) is 5.69 Å². The number of nitrogens with one attached hydrogen (secondary N) is 2. The number of amides is 2. The predicted octanol–water partition coefficient (Wildman–Crippen LogP) is 3.67. The van der Waals surface area contributed by atoms with Gasteiger partial charge in [0.1, 0.15) is 5.82 Å². The van der Waals surface area contributed by atoms with E-state index >= 15 is 0 Å². The highest BCUT2D eigenvalue weighted by Gasteiger charge is 2.36. The molecular weight excluding hydrogens is 379 g/mol. The molecule has 1 atom stereocenters. The van der Waals surface area contributed by atoms with Gasteiger partial charge in [-0.3, -0.25) is 14.2 Å². The third-order valence-corrected chi connectivity index (χ3v) is 4.99. The van der Waals surface area contributed by atoms with Crippen molar-refractivity contribution in [1.82, 2.24) is 9.55 Å². The topological polar surface area (TPSA) is 70.1 Å². The number of aromatic amines is 1. The van der Waals surface area contributed by atoms with E-state index in [0.717, 1.165) is 5.69 Å². The first-order valence-electron chi connectivity index (χ1n) is 8.75. The quantitative estimate of drug-likeness (QED) is 0.661. The number of hydrogen-bond acceptors (Lipinski definition) is 3. The molecule has 1 aromatic heterocycles. The Hall–Kier alpha value is -3.26. The van der Waals surface area contributed by atoms with E-state index < -0.39 is 11.7 Å². The number of anilines is 2. The second-order valence-electron chi connectivity index (χ2n) is 6.53. The van der Waals surface area contributed by atoms with Gasteiger partial charge in [-0.05, 0) is 42.5 Å². The number of rotatable bonds is 4. The van der Waals surface area contributed by atoms with E-state index in [1.54, 1.807) is 41.2 Å².